The van der Waals surface area contributed by atoms with Gasteiger partial charge in [0.2, 0.25) is 0 Å². The summed E-state index contributed by atoms with van der Waals surface area (Å²) < 4.78 is 5.28. The average Bonchev–Trinajstić information content (AvgIpc) is 2.87. The monoisotopic (exact) mass is 295 g/mol. The molecule has 20 heavy (non-hydrogen) atoms. The van der Waals surface area contributed by atoms with Crippen LogP contribution >= 0.6 is 11.6 Å². The number of amides is 1. The molecule has 1 aromatic rings. The summed E-state index contributed by atoms with van der Waals surface area (Å²) >= 11 is 5.61. The van der Waals surface area contributed by atoms with Crippen LogP contribution in [0.1, 0.15) is 18.9 Å². The van der Waals surface area contributed by atoms with Crippen LogP contribution in [0.25, 0.3) is 0 Å². The number of nitrogens with zero attached hydrogens (tertiary/aromatic N) is 1. The van der Waals surface area contributed by atoms with Crippen LogP contribution in [0.4, 0.5) is 4.79 Å². The Morgan fingerprint density at radius 1 is 1.35 bits per heavy atom. The molecule has 0 aliphatic carbocycles. The van der Waals surface area contributed by atoms with Crippen molar-refractivity contribution in [1.29, 1.82) is 0 Å². The largest absolute Gasteiger partial charge is 0.445 e. The molecule has 1 aliphatic heterocycles. The number of ether oxygens (including phenoxy) is 1. The van der Waals surface area contributed by atoms with E-state index < -0.39 is 12.1 Å². The molecule has 0 radical (unpaired) electrons. The van der Waals surface area contributed by atoms with E-state index in [0.717, 1.165) is 12.0 Å². The maximum atomic E-state index is 12.1. The Bertz CT molecular complexity index is 477. The zero-order valence-electron chi connectivity index (χ0n) is 11.4. The van der Waals surface area contributed by atoms with Crippen LogP contribution in [0, 0.1) is 5.92 Å². The molecule has 1 aliphatic rings. The van der Waals surface area contributed by atoms with Crippen LogP contribution in [0.2, 0.25) is 0 Å². The van der Waals surface area contributed by atoms with Gasteiger partial charge in [-0.15, -0.1) is 11.6 Å². The SMILES string of the molecule is C[C@H]1CCN(C(=O)OCc2ccccc2)[C@@H]1C(=O)CCl. The van der Waals surface area contributed by atoms with Gasteiger partial charge in [-0.1, -0.05) is 37.3 Å². The van der Waals surface area contributed by atoms with Crippen molar-refractivity contribution < 1.29 is 14.3 Å². The summed E-state index contributed by atoms with van der Waals surface area (Å²) in [5.41, 5.74) is 0.924. The van der Waals surface area contributed by atoms with E-state index in [2.05, 4.69) is 0 Å². The molecule has 2 atom stereocenters. The lowest BCUT2D eigenvalue weighted by Gasteiger charge is -2.24. The standard InChI is InChI=1S/C15H18ClNO3/c1-11-7-8-17(14(11)13(18)9-16)15(19)20-10-12-5-3-2-4-6-12/h2-6,11,14H,7-10H2,1H3/t11-,14-/m0/s1. The zero-order valence-corrected chi connectivity index (χ0v) is 12.2. The van der Waals surface area contributed by atoms with E-state index in [1.165, 1.54) is 4.90 Å². The first-order chi connectivity index (χ1) is 9.63. The lowest BCUT2D eigenvalue weighted by Crippen LogP contribution is -2.43. The fourth-order valence-corrected chi connectivity index (χ4v) is 2.68. The molecule has 4 nitrogen and oxygen atoms in total. The number of hydrogen-bond donors (Lipinski definition) is 0. The van der Waals surface area contributed by atoms with E-state index in [9.17, 15) is 9.59 Å². The zero-order chi connectivity index (χ0) is 14.5. The fourth-order valence-electron chi connectivity index (χ4n) is 2.52. The van der Waals surface area contributed by atoms with Gasteiger partial charge in [-0.2, -0.15) is 0 Å². The van der Waals surface area contributed by atoms with E-state index in [1.54, 1.807) is 0 Å². The second-order valence-corrected chi connectivity index (χ2v) is 5.31. The van der Waals surface area contributed by atoms with Gasteiger partial charge >= 0.3 is 6.09 Å². The first-order valence-corrected chi connectivity index (χ1v) is 7.23. The molecule has 0 saturated carbocycles. The number of alkyl halides is 1. The molecule has 0 N–H and O–H groups in total. The van der Waals surface area contributed by atoms with Crippen LogP contribution in [0.15, 0.2) is 30.3 Å². The van der Waals surface area contributed by atoms with Gasteiger partial charge in [0, 0.05) is 6.54 Å². The van der Waals surface area contributed by atoms with E-state index in [-0.39, 0.29) is 24.2 Å². The van der Waals surface area contributed by atoms with Crippen molar-refractivity contribution in [3.63, 3.8) is 0 Å². The van der Waals surface area contributed by atoms with E-state index >= 15 is 0 Å². The first-order valence-electron chi connectivity index (χ1n) is 6.69. The highest BCUT2D eigenvalue weighted by atomic mass is 35.5. The van der Waals surface area contributed by atoms with Crippen molar-refractivity contribution in [1.82, 2.24) is 4.90 Å². The highest BCUT2D eigenvalue weighted by Gasteiger charge is 2.39. The van der Waals surface area contributed by atoms with Crippen molar-refractivity contribution in [3.05, 3.63) is 35.9 Å². The molecule has 0 unspecified atom stereocenters. The normalized spacial score (nSPS) is 21.8. The molecule has 1 amide bonds. The summed E-state index contributed by atoms with van der Waals surface area (Å²) in [5, 5.41) is 0. The molecule has 108 valence electrons. The third kappa shape index (κ3) is 3.31. The summed E-state index contributed by atoms with van der Waals surface area (Å²) in [6, 6.07) is 9.02. The lowest BCUT2D eigenvalue weighted by atomic mass is 10.00. The topological polar surface area (TPSA) is 46.6 Å². The number of halogens is 1. The molecular formula is C15H18ClNO3. The van der Waals surface area contributed by atoms with Crippen molar-refractivity contribution in [2.45, 2.75) is 26.0 Å². The number of benzene rings is 1. The Hall–Kier alpha value is -1.55. The molecule has 1 fully saturated rings. The number of hydrogen-bond acceptors (Lipinski definition) is 3. The van der Waals surface area contributed by atoms with Crippen LogP contribution in [-0.4, -0.2) is 35.2 Å². The Balaban J connectivity index is 1.96. The van der Waals surface area contributed by atoms with Gasteiger partial charge < -0.3 is 4.74 Å². The van der Waals surface area contributed by atoms with E-state index in [1.807, 2.05) is 37.3 Å². The molecule has 0 spiro atoms. The minimum atomic E-state index is -0.448. The summed E-state index contributed by atoms with van der Waals surface area (Å²) in [4.78, 5) is 25.4. The van der Waals surface area contributed by atoms with Gasteiger partial charge in [0.05, 0.1) is 11.9 Å². The quantitative estimate of drug-likeness (QED) is 0.803. The highest BCUT2D eigenvalue weighted by molar-refractivity contribution is 6.28. The number of carbonyl (C=O) groups excluding carboxylic acids is 2. The van der Waals surface area contributed by atoms with E-state index in [4.69, 9.17) is 16.3 Å². The molecule has 0 bridgehead atoms. The highest BCUT2D eigenvalue weighted by Crippen LogP contribution is 2.26. The summed E-state index contributed by atoms with van der Waals surface area (Å²) in [5.74, 6) is -0.0591. The fraction of sp³-hybridized carbons (Fsp3) is 0.467. The second kappa shape index (κ2) is 6.75. The molecule has 5 heteroatoms. The van der Waals surface area contributed by atoms with Gasteiger partial charge in [0.1, 0.15) is 6.61 Å². The van der Waals surface area contributed by atoms with Crippen molar-refractivity contribution >= 4 is 23.5 Å². The number of carbonyl (C=O) groups is 2. The van der Waals surface area contributed by atoms with Gasteiger partial charge in [0.15, 0.2) is 5.78 Å². The third-order valence-electron chi connectivity index (χ3n) is 3.60. The van der Waals surface area contributed by atoms with Gasteiger partial charge in [0.25, 0.3) is 0 Å². The summed E-state index contributed by atoms with van der Waals surface area (Å²) in [6.45, 7) is 2.72. The Labute approximate surface area is 123 Å². The van der Waals surface area contributed by atoms with Crippen LogP contribution in [0.5, 0.6) is 0 Å². The number of ketones is 1. The number of rotatable bonds is 4. The van der Waals surface area contributed by atoms with E-state index in [0.29, 0.717) is 6.54 Å². The van der Waals surface area contributed by atoms with Gasteiger partial charge in [-0.05, 0) is 17.9 Å². The molecule has 2 rings (SSSR count). The lowest BCUT2D eigenvalue weighted by molar-refractivity contribution is -0.121. The Morgan fingerprint density at radius 3 is 2.70 bits per heavy atom. The maximum Gasteiger partial charge on any atom is 0.410 e. The minimum Gasteiger partial charge on any atom is -0.445 e. The van der Waals surface area contributed by atoms with Gasteiger partial charge in [-0.3, -0.25) is 9.69 Å². The van der Waals surface area contributed by atoms with Crippen LogP contribution < -0.4 is 0 Å². The molecule has 1 aromatic carbocycles. The second-order valence-electron chi connectivity index (χ2n) is 5.04. The predicted octanol–water partition coefficient (Wildman–Crippen LogP) is 2.84. The van der Waals surface area contributed by atoms with Crippen LogP contribution in [-0.2, 0) is 16.1 Å². The molecule has 0 aromatic heterocycles. The Kier molecular flexibility index (Phi) is 5.01. The maximum absolute atomic E-state index is 12.1. The first kappa shape index (κ1) is 14.9. The molecule has 1 saturated heterocycles. The predicted molar refractivity (Wildman–Crippen MR) is 76.6 cm³/mol. The minimum absolute atomic E-state index is 0.0720. The molecule has 1 heterocycles. The summed E-state index contributed by atoms with van der Waals surface area (Å²) in [6.07, 6.45) is 0.356. The smallest absolute Gasteiger partial charge is 0.410 e. The number of likely N-dealkylation sites (tertiary alicyclic amines) is 1. The number of Topliss-reactive ketones (excluding diaryl/α,β-unsaturated/α-hetero) is 1. The Morgan fingerprint density at radius 2 is 2.05 bits per heavy atom. The third-order valence-corrected chi connectivity index (χ3v) is 3.86. The van der Waals surface area contributed by atoms with Gasteiger partial charge in [-0.25, -0.2) is 4.79 Å². The van der Waals surface area contributed by atoms with Crippen molar-refractivity contribution in [3.8, 4) is 0 Å². The molecular weight excluding hydrogens is 278 g/mol. The average molecular weight is 296 g/mol. The van der Waals surface area contributed by atoms with Crippen molar-refractivity contribution in [2.75, 3.05) is 12.4 Å². The summed E-state index contributed by atoms with van der Waals surface area (Å²) in [7, 11) is 0. The van der Waals surface area contributed by atoms with Crippen LogP contribution in [0.3, 0.4) is 0 Å². The van der Waals surface area contributed by atoms with Crippen molar-refractivity contribution in [2.24, 2.45) is 5.92 Å².